The van der Waals surface area contributed by atoms with Gasteiger partial charge in [0.05, 0.1) is 7.11 Å². The van der Waals surface area contributed by atoms with Crippen molar-refractivity contribution in [1.29, 1.82) is 0 Å². The fourth-order valence-corrected chi connectivity index (χ4v) is 3.18. The lowest BCUT2D eigenvalue weighted by molar-refractivity contribution is 0.0430. The quantitative estimate of drug-likeness (QED) is 0.920. The second-order valence-corrected chi connectivity index (χ2v) is 6.37. The Morgan fingerprint density at radius 3 is 2.90 bits per heavy atom. The Hall–Kier alpha value is -1.26. The molecule has 1 saturated heterocycles. The Bertz CT molecular complexity index is 486. The first-order valence-corrected chi connectivity index (χ1v) is 7.98. The van der Waals surface area contributed by atoms with Crippen molar-refractivity contribution in [3.8, 4) is 11.5 Å². The minimum Gasteiger partial charge on any atom is -0.497 e. The highest BCUT2D eigenvalue weighted by atomic mass is 16.5. The standard InChI is InChI=1S/C17H26N2O2/c1-17(7-10-19-11-8-18-9-12-19)6-5-14-3-4-15(20-2)13-16(14)21-17/h3-4,13,18H,5-12H2,1-2H3. The van der Waals surface area contributed by atoms with Crippen LogP contribution >= 0.6 is 0 Å². The maximum atomic E-state index is 6.33. The number of piperazine rings is 1. The zero-order valence-electron chi connectivity index (χ0n) is 13.2. The van der Waals surface area contributed by atoms with Crippen LogP contribution in [0.3, 0.4) is 0 Å². The average Bonchev–Trinajstić information content (AvgIpc) is 2.53. The highest BCUT2D eigenvalue weighted by Gasteiger charge is 2.32. The van der Waals surface area contributed by atoms with Gasteiger partial charge in [-0.25, -0.2) is 0 Å². The fraction of sp³-hybridized carbons (Fsp3) is 0.647. The van der Waals surface area contributed by atoms with E-state index in [1.807, 2.05) is 12.1 Å². The lowest BCUT2D eigenvalue weighted by Gasteiger charge is -2.38. The molecule has 1 N–H and O–H groups in total. The number of benzene rings is 1. The molecule has 2 aliphatic rings. The Morgan fingerprint density at radius 2 is 2.14 bits per heavy atom. The van der Waals surface area contributed by atoms with Crippen LogP contribution in [0.2, 0.25) is 0 Å². The number of hydrogen-bond donors (Lipinski definition) is 1. The smallest absolute Gasteiger partial charge is 0.127 e. The normalized spacial score (nSPS) is 26.0. The van der Waals surface area contributed by atoms with Crippen molar-refractivity contribution in [3.05, 3.63) is 23.8 Å². The summed E-state index contributed by atoms with van der Waals surface area (Å²) in [6, 6.07) is 6.17. The molecule has 1 unspecified atom stereocenters. The van der Waals surface area contributed by atoms with E-state index >= 15 is 0 Å². The summed E-state index contributed by atoms with van der Waals surface area (Å²) >= 11 is 0. The lowest BCUT2D eigenvalue weighted by Crippen LogP contribution is -2.46. The molecule has 0 aromatic heterocycles. The first-order valence-electron chi connectivity index (χ1n) is 7.98. The molecule has 2 heterocycles. The van der Waals surface area contributed by atoms with Crippen LogP contribution in [0.4, 0.5) is 0 Å². The SMILES string of the molecule is COc1ccc2c(c1)OC(C)(CCN1CCNCC1)CC2. The van der Waals surface area contributed by atoms with Gasteiger partial charge in [-0.15, -0.1) is 0 Å². The number of ether oxygens (including phenoxy) is 2. The molecule has 116 valence electrons. The van der Waals surface area contributed by atoms with Crippen molar-refractivity contribution in [2.24, 2.45) is 0 Å². The van der Waals surface area contributed by atoms with Gasteiger partial charge in [0.2, 0.25) is 0 Å². The van der Waals surface area contributed by atoms with Gasteiger partial charge in [0.1, 0.15) is 17.1 Å². The summed E-state index contributed by atoms with van der Waals surface area (Å²) < 4.78 is 11.6. The maximum Gasteiger partial charge on any atom is 0.127 e. The number of hydrogen-bond acceptors (Lipinski definition) is 4. The van der Waals surface area contributed by atoms with E-state index in [2.05, 4.69) is 23.2 Å². The predicted molar refractivity (Wildman–Crippen MR) is 84.3 cm³/mol. The fourth-order valence-electron chi connectivity index (χ4n) is 3.18. The molecule has 0 amide bonds. The van der Waals surface area contributed by atoms with Crippen molar-refractivity contribution >= 4 is 0 Å². The van der Waals surface area contributed by atoms with Crippen molar-refractivity contribution < 1.29 is 9.47 Å². The second-order valence-electron chi connectivity index (χ2n) is 6.37. The first kappa shape index (κ1) is 14.7. The Labute approximate surface area is 127 Å². The topological polar surface area (TPSA) is 33.7 Å². The number of nitrogens with zero attached hydrogens (tertiary/aromatic N) is 1. The molecule has 1 atom stereocenters. The van der Waals surface area contributed by atoms with Gasteiger partial charge in [-0.05, 0) is 37.8 Å². The van der Waals surface area contributed by atoms with Crippen LogP contribution in [-0.2, 0) is 6.42 Å². The van der Waals surface area contributed by atoms with Crippen LogP contribution in [0.25, 0.3) is 0 Å². The summed E-state index contributed by atoms with van der Waals surface area (Å²) in [5, 5.41) is 3.40. The predicted octanol–water partition coefficient (Wildman–Crippen LogP) is 2.07. The van der Waals surface area contributed by atoms with Gasteiger partial charge in [0, 0.05) is 38.8 Å². The molecule has 4 heteroatoms. The number of fused-ring (bicyclic) bond motifs is 1. The monoisotopic (exact) mass is 290 g/mol. The van der Waals surface area contributed by atoms with Crippen molar-refractivity contribution in [2.45, 2.75) is 31.8 Å². The summed E-state index contributed by atoms with van der Waals surface area (Å²) in [6.07, 6.45) is 3.28. The first-order chi connectivity index (χ1) is 10.2. The molecule has 0 aliphatic carbocycles. The second kappa shape index (κ2) is 6.24. The van der Waals surface area contributed by atoms with Crippen LogP contribution in [0.5, 0.6) is 11.5 Å². The van der Waals surface area contributed by atoms with Crippen molar-refractivity contribution in [3.63, 3.8) is 0 Å². The summed E-state index contributed by atoms with van der Waals surface area (Å²) in [5.41, 5.74) is 1.25. The van der Waals surface area contributed by atoms with Crippen molar-refractivity contribution in [1.82, 2.24) is 10.2 Å². The molecule has 0 radical (unpaired) electrons. The summed E-state index contributed by atoms with van der Waals surface area (Å²) in [5.74, 6) is 1.88. The molecule has 0 spiro atoms. The average molecular weight is 290 g/mol. The molecular formula is C17H26N2O2. The van der Waals surface area contributed by atoms with E-state index in [4.69, 9.17) is 9.47 Å². The van der Waals surface area contributed by atoms with E-state index in [-0.39, 0.29) is 5.60 Å². The third kappa shape index (κ3) is 3.50. The third-order valence-corrected chi connectivity index (χ3v) is 4.72. The molecule has 2 aliphatic heterocycles. The van der Waals surface area contributed by atoms with Gasteiger partial charge in [0.25, 0.3) is 0 Å². The molecule has 1 fully saturated rings. The van der Waals surface area contributed by atoms with Crippen LogP contribution in [0.15, 0.2) is 18.2 Å². The zero-order chi connectivity index (χ0) is 14.7. The van der Waals surface area contributed by atoms with Gasteiger partial charge < -0.3 is 19.7 Å². The molecule has 3 rings (SSSR count). The van der Waals surface area contributed by atoms with Gasteiger partial charge in [-0.3, -0.25) is 0 Å². The van der Waals surface area contributed by atoms with E-state index in [0.29, 0.717) is 0 Å². The number of rotatable bonds is 4. The van der Waals surface area contributed by atoms with E-state index < -0.39 is 0 Å². The Kier molecular flexibility index (Phi) is 4.36. The largest absolute Gasteiger partial charge is 0.497 e. The number of aryl methyl sites for hydroxylation is 1. The number of nitrogens with one attached hydrogen (secondary N) is 1. The van der Waals surface area contributed by atoms with Crippen molar-refractivity contribution in [2.75, 3.05) is 39.8 Å². The van der Waals surface area contributed by atoms with E-state index in [1.165, 1.54) is 5.56 Å². The molecule has 0 saturated carbocycles. The summed E-state index contributed by atoms with van der Waals surface area (Å²) in [7, 11) is 1.70. The summed E-state index contributed by atoms with van der Waals surface area (Å²) in [4.78, 5) is 2.53. The minimum absolute atomic E-state index is 0.0513. The molecular weight excluding hydrogens is 264 g/mol. The van der Waals surface area contributed by atoms with Gasteiger partial charge in [0.15, 0.2) is 0 Å². The molecule has 21 heavy (non-hydrogen) atoms. The molecule has 1 aromatic carbocycles. The van der Waals surface area contributed by atoms with E-state index in [0.717, 1.165) is 63.5 Å². The van der Waals surface area contributed by atoms with Crippen LogP contribution in [-0.4, -0.2) is 50.3 Å². The highest BCUT2D eigenvalue weighted by Crippen LogP contribution is 2.37. The zero-order valence-corrected chi connectivity index (χ0v) is 13.2. The van der Waals surface area contributed by atoms with Crippen LogP contribution in [0.1, 0.15) is 25.3 Å². The summed E-state index contributed by atoms with van der Waals surface area (Å²) in [6.45, 7) is 7.89. The molecule has 0 bridgehead atoms. The van der Waals surface area contributed by atoms with Crippen LogP contribution in [0, 0.1) is 0 Å². The van der Waals surface area contributed by atoms with Gasteiger partial charge in [-0.1, -0.05) is 6.07 Å². The van der Waals surface area contributed by atoms with E-state index in [1.54, 1.807) is 7.11 Å². The van der Waals surface area contributed by atoms with Crippen LogP contribution < -0.4 is 14.8 Å². The van der Waals surface area contributed by atoms with Gasteiger partial charge in [-0.2, -0.15) is 0 Å². The minimum atomic E-state index is -0.0513. The molecule has 4 nitrogen and oxygen atoms in total. The third-order valence-electron chi connectivity index (χ3n) is 4.72. The highest BCUT2D eigenvalue weighted by molar-refractivity contribution is 5.42. The van der Waals surface area contributed by atoms with E-state index in [9.17, 15) is 0 Å². The van der Waals surface area contributed by atoms with Gasteiger partial charge >= 0.3 is 0 Å². The Morgan fingerprint density at radius 1 is 1.33 bits per heavy atom. The maximum absolute atomic E-state index is 6.33. The lowest BCUT2D eigenvalue weighted by atomic mass is 9.89. The molecule has 1 aromatic rings. The number of methoxy groups -OCH3 is 1. The Balaban J connectivity index is 1.62.